The molecular formula is C7H9KO4. The molecule has 0 amide bonds. The number of carboxylic acid groups (broad SMARTS) is 1. The van der Waals surface area contributed by atoms with Gasteiger partial charge < -0.3 is 14.6 Å². The molecular weight excluding hydrogens is 187 g/mol. The molecule has 12 heavy (non-hydrogen) atoms. The Morgan fingerprint density at radius 3 is 2.33 bits per heavy atom. The van der Waals surface area contributed by atoms with Gasteiger partial charge in [0.2, 0.25) is 0 Å². The minimum Gasteiger partial charge on any atom is -0.550 e. The van der Waals surface area contributed by atoms with Crippen LogP contribution in [0.2, 0.25) is 0 Å². The zero-order valence-electron chi connectivity index (χ0n) is 7.25. The molecule has 0 spiro atoms. The van der Waals surface area contributed by atoms with Crippen molar-refractivity contribution in [2.75, 3.05) is 6.61 Å². The fraction of sp³-hybridized carbons (Fsp3) is 0.429. The summed E-state index contributed by atoms with van der Waals surface area (Å²) >= 11 is 0. The summed E-state index contributed by atoms with van der Waals surface area (Å²) in [7, 11) is 0. The van der Waals surface area contributed by atoms with Gasteiger partial charge in [-0.2, -0.15) is 0 Å². The van der Waals surface area contributed by atoms with Crippen LogP contribution in [0.5, 0.6) is 0 Å². The van der Waals surface area contributed by atoms with Crippen LogP contribution in [-0.4, -0.2) is 18.5 Å². The smallest absolute Gasteiger partial charge is 0.550 e. The molecule has 0 unspecified atom stereocenters. The van der Waals surface area contributed by atoms with E-state index in [1.54, 1.807) is 0 Å². The summed E-state index contributed by atoms with van der Waals surface area (Å²) in [6, 6.07) is 0. The summed E-state index contributed by atoms with van der Waals surface area (Å²) in [6.45, 7) is 4.64. The van der Waals surface area contributed by atoms with E-state index in [1.165, 1.54) is 6.92 Å². The van der Waals surface area contributed by atoms with Crippen molar-refractivity contribution in [3.8, 4) is 0 Å². The molecule has 0 N–H and O–H groups in total. The van der Waals surface area contributed by atoms with Gasteiger partial charge in [0.25, 0.3) is 0 Å². The second-order valence-electron chi connectivity index (χ2n) is 2.04. The van der Waals surface area contributed by atoms with Gasteiger partial charge in [-0.05, 0) is 6.92 Å². The predicted octanol–water partition coefficient (Wildman–Crippen LogP) is -3.75. The van der Waals surface area contributed by atoms with Gasteiger partial charge in [-0.1, -0.05) is 6.58 Å². The molecule has 0 heterocycles. The van der Waals surface area contributed by atoms with Crippen molar-refractivity contribution in [1.29, 1.82) is 0 Å². The molecule has 0 rings (SSSR count). The fourth-order valence-corrected chi connectivity index (χ4v) is 0.350. The minimum absolute atomic E-state index is 0. The van der Waals surface area contributed by atoms with E-state index in [9.17, 15) is 14.7 Å². The second-order valence-corrected chi connectivity index (χ2v) is 2.04. The van der Waals surface area contributed by atoms with E-state index < -0.39 is 11.9 Å². The molecule has 0 fully saturated rings. The number of hydrogen-bond donors (Lipinski definition) is 0. The van der Waals surface area contributed by atoms with Crippen molar-refractivity contribution in [1.82, 2.24) is 0 Å². The first kappa shape index (κ1) is 14.8. The van der Waals surface area contributed by atoms with Crippen LogP contribution >= 0.6 is 0 Å². The van der Waals surface area contributed by atoms with E-state index in [2.05, 4.69) is 11.3 Å². The molecule has 0 aromatic carbocycles. The zero-order chi connectivity index (χ0) is 8.85. The van der Waals surface area contributed by atoms with Gasteiger partial charge in [0.05, 0.1) is 6.61 Å². The van der Waals surface area contributed by atoms with Gasteiger partial charge in [0.1, 0.15) is 0 Å². The molecule has 0 atom stereocenters. The van der Waals surface area contributed by atoms with Crippen LogP contribution in [0.3, 0.4) is 0 Å². The van der Waals surface area contributed by atoms with Crippen molar-refractivity contribution >= 4 is 11.9 Å². The van der Waals surface area contributed by atoms with Crippen molar-refractivity contribution < 1.29 is 70.8 Å². The number of rotatable bonds is 4. The molecule has 0 aromatic rings. The Bertz CT molecular complexity index is 188. The number of carbonyl (C=O) groups is 2. The quantitative estimate of drug-likeness (QED) is 0.263. The van der Waals surface area contributed by atoms with Crippen LogP contribution in [0.4, 0.5) is 0 Å². The van der Waals surface area contributed by atoms with Crippen molar-refractivity contribution in [2.24, 2.45) is 0 Å². The second kappa shape index (κ2) is 7.94. The van der Waals surface area contributed by atoms with Crippen LogP contribution in [0.1, 0.15) is 13.3 Å². The SMILES string of the molecule is C=C(C)C(=O)OCCC(=O)[O-].[K+]. The minimum atomic E-state index is -1.24. The van der Waals surface area contributed by atoms with Gasteiger partial charge in [-0.25, -0.2) is 4.79 Å². The molecule has 4 nitrogen and oxygen atoms in total. The van der Waals surface area contributed by atoms with Crippen molar-refractivity contribution in [3.05, 3.63) is 12.2 Å². The van der Waals surface area contributed by atoms with Gasteiger partial charge in [-0.3, -0.25) is 0 Å². The Labute approximate surface area is 113 Å². The van der Waals surface area contributed by atoms with E-state index in [1.807, 2.05) is 0 Å². The van der Waals surface area contributed by atoms with E-state index in [-0.39, 0.29) is 70.0 Å². The Balaban J connectivity index is 0. The standard InChI is InChI=1S/C7H10O4.K/c1-5(2)7(10)11-4-3-6(8)9;/h1,3-4H2,2H3,(H,8,9);/q;+1/p-1. The summed E-state index contributed by atoms with van der Waals surface area (Å²) in [5.41, 5.74) is 0.253. The number of carboxylic acids is 1. The number of ether oxygens (including phenoxy) is 1. The number of aliphatic carboxylic acids is 1. The van der Waals surface area contributed by atoms with Crippen molar-refractivity contribution in [2.45, 2.75) is 13.3 Å². The largest absolute Gasteiger partial charge is 1.00 e. The Kier molecular flexibility index (Phi) is 9.81. The number of carbonyl (C=O) groups excluding carboxylic acids is 2. The summed E-state index contributed by atoms with van der Waals surface area (Å²) in [5, 5.41) is 9.83. The van der Waals surface area contributed by atoms with Gasteiger partial charge in [-0.15, -0.1) is 0 Å². The van der Waals surface area contributed by atoms with Crippen LogP contribution in [0.25, 0.3) is 0 Å². The van der Waals surface area contributed by atoms with Crippen LogP contribution in [0, 0.1) is 0 Å². The predicted molar refractivity (Wildman–Crippen MR) is 35.4 cm³/mol. The summed E-state index contributed by atoms with van der Waals surface area (Å²) in [6.07, 6.45) is -0.279. The fourth-order valence-electron chi connectivity index (χ4n) is 0.350. The summed E-state index contributed by atoms with van der Waals surface area (Å²) in [5.74, 6) is -1.81. The molecule has 0 radical (unpaired) electrons. The Hall–Kier alpha value is 0.316. The van der Waals surface area contributed by atoms with Crippen LogP contribution in [0.15, 0.2) is 12.2 Å². The molecule has 0 aliphatic carbocycles. The Morgan fingerprint density at radius 2 is 2.00 bits per heavy atom. The van der Waals surface area contributed by atoms with Gasteiger partial charge in [0, 0.05) is 18.0 Å². The zero-order valence-corrected chi connectivity index (χ0v) is 10.4. The van der Waals surface area contributed by atoms with E-state index in [0.717, 1.165) is 0 Å². The van der Waals surface area contributed by atoms with Crippen LogP contribution < -0.4 is 56.5 Å². The van der Waals surface area contributed by atoms with E-state index >= 15 is 0 Å². The van der Waals surface area contributed by atoms with Crippen LogP contribution in [-0.2, 0) is 14.3 Å². The van der Waals surface area contributed by atoms with E-state index in [0.29, 0.717) is 0 Å². The molecule has 62 valence electrons. The first-order valence-corrected chi connectivity index (χ1v) is 3.06. The van der Waals surface area contributed by atoms with Gasteiger partial charge >= 0.3 is 57.4 Å². The third-order valence-electron chi connectivity index (χ3n) is 0.888. The monoisotopic (exact) mass is 196 g/mol. The maximum atomic E-state index is 10.6. The third-order valence-corrected chi connectivity index (χ3v) is 0.888. The molecule has 0 saturated carbocycles. The summed E-state index contributed by atoms with van der Waals surface area (Å²) < 4.78 is 4.45. The molecule has 0 aliphatic rings. The Morgan fingerprint density at radius 1 is 1.50 bits per heavy atom. The molecule has 0 saturated heterocycles. The maximum Gasteiger partial charge on any atom is 1.00 e. The number of hydrogen-bond acceptors (Lipinski definition) is 4. The first-order valence-electron chi connectivity index (χ1n) is 3.06. The first-order chi connectivity index (χ1) is 5.04. The third kappa shape index (κ3) is 8.41. The molecule has 0 bridgehead atoms. The van der Waals surface area contributed by atoms with E-state index in [4.69, 9.17) is 0 Å². The summed E-state index contributed by atoms with van der Waals surface area (Å²) in [4.78, 5) is 20.4. The average Bonchev–Trinajstić information content (AvgIpc) is 1.86. The molecule has 5 heteroatoms. The van der Waals surface area contributed by atoms with Crippen molar-refractivity contribution in [3.63, 3.8) is 0 Å². The molecule has 0 aromatic heterocycles. The topological polar surface area (TPSA) is 66.4 Å². The van der Waals surface area contributed by atoms with Gasteiger partial charge in [0.15, 0.2) is 0 Å². The number of esters is 1. The normalized spacial score (nSPS) is 8.08. The maximum absolute atomic E-state index is 10.6. The molecule has 0 aliphatic heterocycles. The average molecular weight is 196 g/mol.